The highest BCUT2D eigenvalue weighted by Crippen LogP contribution is 2.27. The minimum Gasteiger partial charge on any atom is -0.395 e. The summed E-state index contributed by atoms with van der Waals surface area (Å²) >= 11 is 0. The van der Waals surface area contributed by atoms with Gasteiger partial charge in [0.2, 0.25) is 15.9 Å². The van der Waals surface area contributed by atoms with Crippen LogP contribution in [0.4, 0.5) is 0 Å². The molecule has 0 aromatic heterocycles. The summed E-state index contributed by atoms with van der Waals surface area (Å²) in [5, 5.41) is 15.3. The quantitative estimate of drug-likeness (QED) is 0.483. The maximum atomic E-state index is 13.1. The summed E-state index contributed by atoms with van der Waals surface area (Å²) in [6, 6.07) is 4.80. The molecular weight excluding hydrogens is 430 g/mol. The van der Waals surface area contributed by atoms with E-state index in [0.29, 0.717) is 24.4 Å². The molecule has 2 amide bonds. The predicted octanol–water partition coefficient (Wildman–Crippen LogP) is 1.81. The number of nitrogens with one attached hydrogen (secondary N) is 2. The first-order valence-electron chi connectivity index (χ1n) is 11.3. The van der Waals surface area contributed by atoms with Crippen molar-refractivity contribution in [1.82, 2.24) is 14.9 Å². The molecule has 1 aliphatic carbocycles. The molecule has 1 heterocycles. The third-order valence-corrected chi connectivity index (χ3v) is 8.33. The average Bonchev–Trinajstić information content (AvgIpc) is 3.23. The molecule has 1 aromatic carbocycles. The summed E-state index contributed by atoms with van der Waals surface area (Å²) in [7, 11) is -3.88. The van der Waals surface area contributed by atoms with Gasteiger partial charge in [-0.15, -0.1) is 0 Å². The van der Waals surface area contributed by atoms with Crippen molar-refractivity contribution in [3.63, 3.8) is 0 Å². The number of aliphatic hydroxyl groups is 1. The van der Waals surface area contributed by atoms with Crippen LogP contribution in [-0.2, 0) is 14.8 Å². The summed E-state index contributed by atoms with van der Waals surface area (Å²) in [5.74, 6) is 0.0766. The Morgan fingerprint density at radius 2 is 1.84 bits per heavy atom. The maximum absolute atomic E-state index is 13.1. The van der Waals surface area contributed by atoms with Crippen LogP contribution in [0.5, 0.6) is 0 Å². The van der Waals surface area contributed by atoms with Gasteiger partial charge in [0.1, 0.15) is 0 Å². The van der Waals surface area contributed by atoms with E-state index in [4.69, 9.17) is 0 Å². The van der Waals surface area contributed by atoms with E-state index in [2.05, 4.69) is 17.2 Å². The number of carbonyl (C=O) groups excluding carboxylic acids is 2. The fraction of sp³-hybridized carbons (Fsp3) is 0.565. The second-order valence-corrected chi connectivity index (χ2v) is 10.5. The van der Waals surface area contributed by atoms with Crippen LogP contribution in [0.3, 0.4) is 0 Å². The van der Waals surface area contributed by atoms with E-state index in [1.165, 1.54) is 60.7 Å². The Balaban J connectivity index is 1.60. The summed E-state index contributed by atoms with van der Waals surface area (Å²) in [6.45, 7) is 3.73. The van der Waals surface area contributed by atoms with E-state index in [1.54, 1.807) is 0 Å². The van der Waals surface area contributed by atoms with Gasteiger partial charge < -0.3 is 15.7 Å². The Labute approximate surface area is 190 Å². The highest BCUT2D eigenvalue weighted by Gasteiger charge is 2.40. The zero-order chi connectivity index (χ0) is 23.1. The van der Waals surface area contributed by atoms with Crippen LogP contribution >= 0.6 is 0 Å². The van der Waals surface area contributed by atoms with Crippen molar-refractivity contribution in [3.8, 4) is 0 Å². The molecule has 1 saturated heterocycles. The maximum Gasteiger partial charge on any atom is 0.251 e. The van der Waals surface area contributed by atoms with Crippen molar-refractivity contribution < 1.29 is 23.1 Å². The van der Waals surface area contributed by atoms with Crippen LogP contribution in [0.15, 0.2) is 41.8 Å². The van der Waals surface area contributed by atoms with Gasteiger partial charge in [-0.25, -0.2) is 8.42 Å². The van der Waals surface area contributed by atoms with Crippen LogP contribution in [-0.4, -0.2) is 61.4 Å². The van der Waals surface area contributed by atoms with Crippen molar-refractivity contribution in [2.45, 2.75) is 61.9 Å². The normalized spacial score (nSPS) is 22.4. The Kier molecular flexibility index (Phi) is 8.44. The second kappa shape index (κ2) is 11.1. The molecule has 176 valence electrons. The Hall–Kier alpha value is -2.23. The van der Waals surface area contributed by atoms with E-state index in [1.807, 2.05) is 0 Å². The van der Waals surface area contributed by atoms with E-state index in [0.717, 1.165) is 12.5 Å². The lowest BCUT2D eigenvalue weighted by molar-refractivity contribution is -0.117. The van der Waals surface area contributed by atoms with Crippen LogP contribution in [0.2, 0.25) is 0 Å². The third kappa shape index (κ3) is 5.96. The lowest BCUT2D eigenvalue weighted by atomic mass is 9.87. The zero-order valence-electron chi connectivity index (χ0n) is 18.3. The third-order valence-electron chi connectivity index (χ3n) is 6.39. The first kappa shape index (κ1) is 24.4. The van der Waals surface area contributed by atoms with E-state index >= 15 is 0 Å². The lowest BCUT2D eigenvalue weighted by Gasteiger charge is -2.22. The molecule has 1 aromatic rings. The Bertz CT molecular complexity index is 910. The fourth-order valence-corrected chi connectivity index (χ4v) is 6.27. The van der Waals surface area contributed by atoms with E-state index in [9.17, 15) is 23.1 Å². The number of carbonyl (C=O) groups is 2. The fourth-order valence-electron chi connectivity index (χ4n) is 4.59. The summed E-state index contributed by atoms with van der Waals surface area (Å²) in [5.41, 5.74) is 0.406. The highest BCUT2D eigenvalue weighted by atomic mass is 32.2. The largest absolute Gasteiger partial charge is 0.395 e. The first-order valence-corrected chi connectivity index (χ1v) is 12.7. The van der Waals surface area contributed by atoms with Gasteiger partial charge in [0.05, 0.1) is 17.5 Å². The van der Waals surface area contributed by atoms with Gasteiger partial charge in [0.15, 0.2) is 0 Å². The van der Waals surface area contributed by atoms with Crippen molar-refractivity contribution in [1.29, 1.82) is 0 Å². The SMILES string of the molecule is C=CC(=O)NC1CC(CO)N(S(=O)(=O)c2ccc(C(=O)NCCC3CCCCC3)cc2)C1. The Morgan fingerprint density at radius 1 is 1.16 bits per heavy atom. The van der Waals surface area contributed by atoms with Crippen LogP contribution in [0.25, 0.3) is 0 Å². The lowest BCUT2D eigenvalue weighted by Crippen LogP contribution is -2.39. The number of benzene rings is 1. The molecule has 8 nitrogen and oxygen atoms in total. The number of nitrogens with zero attached hydrogens (tertiary/aromatic N) is 1. The summed E-state index contributed by atoms with van der Waals surface area (Å²) < 4.78 is 27.4. The number of sulfonamides is 1. The number of rotatable bonds is 9. The van der Waals surface area contributed by atoms with Crippen LogP contribution in [0, 0.1) is 5.92 Å². The molecule has 9 heteroatoms. The molecule has 0 spiro atoms. The molecule has 3 N–H and O–H groups in total. The highest BCUT2D eigenvalue weighted by molar-refractivity contribution is 7.89. The first-order chi connectivity index (χ1) is 15.3. The molecule has 2 atom stereocenters. The predicted molar refractivity (Wildman–Crippen MR) is 121 cm³/mol. The smallest absolute Gasteiger partial charge is 0.251 e. The molecule has 32 heavy (non-hydrogen) atoms. The molecule has 2 unspecified atom stereocenters. The molecule has 0 bridgehead atoms. The number of amides is 2. The minimum absolute atomic E-state index is 0.0467. The van der Waals surface area contributed by atoms with Crippen molar-refractivity contribution in [3.05, 3.63) is 42.5 Å². The van der Waals surface area contributed by atoms with Gasteiger partial charge in [-0.3, -0.25) is 9.59 Å². The molecule has 1 aliphatic heterocycles. The van der Waals surface area contributed by atoms with Crippen molar-refractivity contribution >= 4 is 21.8 Å². The van der Waals surface area contributed by atoms with Gasteiger partial charge >= 0.3 is 0 Å². The van der Waals surface area contributed by atoms with Gasteiger partial charge in [0, 0.05) is 24.7 Å². The topological polar surface area (TPSA) is 116 Å². The molecule has 0 radical (unpaired) electrons. The molecule has 2 aliphatic rings. The van der Waals surface area contributed by atoms with Crippen molar-refractivity contribution in [2.75, 3.05) is 19.7 Å². The summed E-state index contributed by atoms with van der Waals surface area (Å²) in [4.78, 5) is 24.0. The average molecular weight is 464 g/mol. The molecule has 2 fully saturated rings. The van der Waals surface area contributed by atoms with E-state index < -0.39 is 22.1 Å². The number of hydrogen-bond acceptors (Lipinski definition) is 5. The number of aliphatic hydroxyl groups excluding tert-OH is 1. The summed E-state index contributed by atoms with van der Waals surface area (Å²) in [6.07, 6.45) is 8.71. The minimum atomic E-state index is -3.88. The molecule has 3 rings (SSSR count). The van der Waals surface area contributed by atoms with Crippen LogP contribution < -0.4 is 10.6 Å². The molecular formula is C23H33N3O5S. The number of hydrogen-bond donors (Lipinski definition) is 3. The Morgan fingerprint density at radius 3 is 2.47 bits per heavy atom. The zero-order valence-corrected chi connectivity index (χ0v) is 19.1. The monoisotopic (exact) mass is 463 g/mol. The van der Waals surface area contributed by atoms with E-state index in [-0.39, 0.29) is 29.9 Å². The van der Waals surface area contributed by atoms with Gasteiger partial charge in [0.25, 0.3) is 5.91 Å². The van der Waals surface area contributed by atoms with Crippen LogP contribution in [0.1, 0.15) is 55.3 Å². The molecule has 1 saturated carbocycles. The standard InChI is InChI=1S/C23H33N3O5S/c1-2-22(28)25-19-14-20(16-27)26(15-19)32(30,31)21-10-8-18(9-11-21)23(29)24-13-12-17-6-4-3-5-7-17/h2,8-11,17,19-20,27H,1,3-7,12-16H2,(H,24,29)(H,25,28). The second-order valence-electron chi connectivity index (χ2n) is 8.63. The van der Waals surface area contributed by atoms with Gasteiger partial charge in [-0.1, -0.05) is 38.7 Å². The van der Waals surface area contributed by atoms with Crippen molar-refractivity contribution in [2.24, 2.45) is 5.92 Å². The van der Waals surface area contributed by atoms with Gasteiger partial charge in [-0.05, 0) is 49.1 Å². The van der Waals surface area contributed by atoms with Gasteiger partial charge in [-0.2, -0.15) is 4.31 Å².